The molecule has 0 unspecified atom stereocenters. The topological polar surface area (TPSA) is 22.1 Å². The summed E-state index contributed by atoms with van der Waals surface area (Å²) in [5.74, 6) is 0.325. The first kappa shape index (κ1) is 14.8. The van der Waals surface area contributed by atoms with Crippen LogP contribution in [0.15, 0.2) is 48.7 Å². The molecule has 1 heterocycles. The molecule has 2 aromatic carbocycles. The normalized spacial score (nSPS) is 11.1. The van der Waals surface area contributed by atoms with E-state index in [4.69, 9.17) is 16.3 Å². The van der Waals surface area contributed by atoms with Gasteiger partial charge < -0.3 is 4.74 Å². The minimum atomic E-state index is -0.301. The molecular formula is C18H15ClFNO. The van der Waals surface area contributed by atoms with E-state index in [0.29, 0.717) is 21.9 Å². The van der Waals surface area contributed by atoms with E-state index in [0.717, 1.165) is 10.9 Å². The fraction of sp³-hybridized carbons (Fsp3) is 0.167. The Morgan fingerprint density at radius 3 is 2.68 bits per heavy atom. The van der Waals surface area contributed by atoms with Crippen LogP contribution in [0, 0.1) is 5.82 Å². The lowest BCUT2D eigenvalue weighted by Crippen LogP contribution is -2.07. The van der Waals surface area contributed by atoms with Gasteiger partial charge in [0.2, 0.25) is 0 Å². The molecule has 0 aliphatic heterocycles. The highest BCUT2D eigenvalue weighted by Gasteiger charge is 2.16. The molecule has 0 aliphatic carbocycles. The van der Waals surface area contributed by atoms with Crippen LogP contribution in [0.4, 0.5) is 4.39 Å². The van der Waals surface area contributed by atoms with E-state index in [9.17, 15) is 4.39 Å². The van der Waals surface area contributed by atoms with Crippen molar-refractivity contribution in [2.24, 2.45) is 0 Å². The number of aromatic nitrogens is 1. The van der Waals surface area contributed by atoms with E-state index in [1.807, 2.05) is 32.0 Å². The molecule has 0 amide bonds. The second-order valence-electron chi connectivity index (χ2n) is 5.31. The van der Waals surface area contributed by atoms with Crippen molar-refractivity contribution >= 4 is 22.5 Å². The molecular weight excluding hydrogens is 301 g/mol. The van der Waals surface area contributed by atoms with Crippen LogP contribution in [-0.2, 0) is 0 Å². The first-order chi connectivity index (χ1) is 10.6. The molecule has 0 bridgehead atoms. The molecule has 0 fully saturated rings. The van der Waals surface area contributed by atoms with Crippen molar-refractivity contribution in [1.82, 2.24) is 4.98 Å². The Hall–Kier alpha value is -2.13. The maximum absolute atomic E-state index is 13.6. The SMILES string of the molecule is CC(C)Oc1c(-c2cccc(F)c2)cc(Cl)c2cccnc12. The predicted molar refractivity (Wildman–Crippen MR) is 87.9 cm³/mol. The van der Waals surface area contributed by atoms with Gasteiger partial charge in [-0.25, -0.2) is 4.39 Å². The van der Waals surface area contributed by atoms with Gasteiger partial charge in [-0.3, -0.25) is 4.98 Å². The van der Waals surface area contributed by atoms with E-state index in [1.54, 1.807) is 18.3 Å². The standard InChI is InChI=1S/C18H15ClFNO/c1-11(2)22-18-15(12-5-3-6-13(20)9-12)10-16(19)14-7-4-8-21-17(14)18/h3-11H,1-2H3. The third-order valence-electron chi connectivity index (χ3n) is 3.28. The van der Waals surface area contributed by atoms with Gasteiger partial charge in [0.25, 0.3) is 0 Å². The Kier molecular flexibility index (Phi) is 3.99. The highest BCUT2D eigenvalue weighted by Crippen LogP contribution is 2.40. The Bertz CT molecular complexity index is 832. The third kappa shape index (κ3) is 2.77. The highest BCUT2D eigenvalue weighted by molar-refractivity contribution is 6.36. The lowest BCUT2D eigenvalue weighted by Gasteiger charge is -2.17. The van der Waals surface area contributed by atoms with Crippen molar-refractivity contribution in [1.29, 1.82) is 0 Å². The van der Waals surface area contributed by atoms with E-state index in [-0.39, 0.29) is 11.9 Å². The second-order valence-corrected chi connectivity index (χ2v) is 5.72. The molecule has 1 aromatic heterocycles. The van der Waals surface area contributed by atoms with Crippen molar-refractivity contribution in [3.63, 3.8) is 0 Å². The van der Waals surface area contributed by atoms with Crippen LogP contribution in [0.1, 0.15) is 13.8 Å². The summed E-state index contributed by atoms with van der Waals surface area (Å²) in [6, 6.07) is 11.9. The van der Waals surface area contributed by atoms with Crippen LogP contribution in [0.2, 0.25) is 5.02 Å². The summed E-state index contributed by atoms with van der Waals surface area (Å²) >= 11 is 6.37. The number of nitrogens with zero attached hydrogens (tertiary/aromatic N) is 1. The van der Waals surface area contributed by atoms with Crippen molar-refractivity contribution < 1.29 is 9.13 Å². The van der Waals surface area contributed by atoms with E-state index in [2.05, 4.69) is 4.98 Å². The fourth-order valence-electron chi connectivity index (χ4n) is 2.40. The summed E-state index contributed by atoms with van der Waals surface area (Å²) in [5.41, 5.74) is 2.14. The Morgan fingerprint density at radius 1 is 1.14 bits per heavy atom. The van der Waals surface area contributed by atoms with Crippen molar-refractivity contribution in [2.45, 2.75) is 20.0 Å². The number of hydrogen-bond donors (Lipinski definition) is 0. The average Bonchev–Trinajstić information content (AvgIpc) is 2.49. The van der Waals surface area contributed by atoms with E-state index >= 15 is 0 Å². The van der Waals surface area contributed by atoms with Gasteiger partial charge >= 0.3 is 0 Å². The molecule has 112 valence electrons. The first-order valence-electron chi connectivity index (χ1n) is 7.06. The van der Waals surface area contributed by atoms with Gasteiger partial charge in [-0.1, -0.05) is 23.7 Å². The average molecular weight is 316 g/mol. The van der Waals surface area contributed by atoms with E-state index in [1.165, 1.54) is 12.1 Å². The molecule has 0 N–H and O–H groups in total. The molecule has 4 heteroatoms. The van der Waals surface area contributed by atoms with Crippen LogP contribution in [0.3, 0.4) is 0 Å². The molecule has 22 heavy (non-hydrogen) atoms. The molecule has 0 saturated heterocycles. The molecule has 0 atom stereocenters. The van der Waals surface area contributed by atoms with Gasteiger partial charge in [-0.05, 0) is 49.7 Å². The Morgan fingerprint density at radius 2 is 1.95 bits per heavy atom. The number of hydrogen-bond acceptors (Lipinski definition) is 2. The number of halogens is 2. The zero-order valence-electron chi connectivity index (χ0n) is 12.3. The van der Waals surface area contributed by atoms with Crippen LogP contribution in [-0.4, -0.2) is 11.1 Å². The Labute approximate surface area is 133 Å². The fourth-order valence-corrected chi connectivity index (χ4v) is 2.66. The lowest BCUT2D eigenvalue weighted by molar-refractivity contribution is 0.246. The van der Waals surface area contributed by atoms with Crippen LogP contribution < -0.4 is 4.74 Å². The van der Waals surface area contributed by atoms with Gasteiger partial charge in [-0.15, -0.1) is 0 Å². The predicted octanol–water partition coefficient (Wildman–Crippen LogP) is 5.48. The zero-order valence-corrected chi connectivity index (χ0v) is 13.1. The molecule has 3 rings (SSSR count). The molecule has 0 radical (unpaired) electrons. The second kappa shape index (κ2) is 5.93. The molecule has 0 saturated carbocycles. The number of rotatable bonds is 3. The van der Waals surface area contributed by atoms with Crippen LogP contribution in [0.5, 0.6) is 5.75 Å². The number of pyridine rings is 1. The molecule has 0 aliphatic rings. The largest absolute Gasteiger partial charge is 0.488 e. The maximum atomic E-state index is 13.6. The summed E-state index contributed by atoms with van der Waals surface area (Å²) in [6.07, 6.45) is 1.67. The number of fused-ring (bicyclic) bond motifs is 1. The zero-order chi connectivity index (χ0) is 15.7. The summed E-state index contributed by atoms with van der Waals surface area (Å²) in [7, 11) is 0. The van der Waals surface area contributed by atoms with Crippen LogP contribution in [0.25, 0.3) is 22.0 Å². The van der Waals surface area contributed by atoms with Crippen LogP contribution >= 0.6 is 11.6 Å². The quantitative estimate of drug-likeness (QED) is 0.638. The minimum Gasteiger partial charge on any atom is -0.488 e. The summed E-state index contributed by atoms with van der Waals surface area (Å²) in [4.78, 5) is 4.40. The molecule has 3 aromatic rings. The Balaban J connectivity index is 2.33. The summed E-state index contributed by atoms with van der Waals surface area (Å²) in [6.45, 7) is 3.89. The van der Waals surface area contributed by atoms with Crippen molar-refractivity contribution in [2.75, 3.05) is 0 Å². The van der Waals surface area contributed by atoms with Gasteiger partial charge in [0.1, 0.15) is 11.3 Å². The smallest absolute Gasteiger partial charge is 0.153 e. The molecule has 0 spiro atoms. The molecule has 2 nitrogen and oxygen atoms in total. The highest BCUT2D eigenvalue weighted by atomic mass is 35.5. The van der Waals surface area contributed by atoms with Gasteiger partial charge in [-0.2, -0.15) is 0 Å². The summed E-state index contributed by atoms with van der Waals surface area (Å²) < 4.78 is 19.5. The monoisotopic (exact) mass is 315 g/mol. The van der Waals surface area contributed by atoms with E-state index < -0.39 is 0 Å². The van der Waals surface area contributed by atoms with Crippen molar-refractivity contribution in [3.8, 4) is 16.9 Å². The maximum Gasteiger partial charge on any atom is 0.153 e. The number of ether oxygens (including phenoxy) is 1. The van der Waals surface area contributed by atoms with Gasteiger partial charge in [0, 0.05) is 17.1 Å². The number of benzene rings is 2. The minimum absolute atomic E-state index is 0.0290. The van der Waals surface area contributed by atoms with Gasteiger partial charge in [0.05, 0.1) is 11.1 Å². The van der Waals surface area contributed by atoms with Crippen molar-refractivity contribution in [3.05, 3.63) is 59.5 Å². The first-order valence-corrected chi connectivity index (χ1v) is 7.44. The lowest BCUT2D eigenvalue weighted by atomic mass is 10.0. The summed E-state index contributed by atoms with van der Waals surface area (Å²) in [5, 5.41) is 1.39. The third-order valence-corrected chi connectivity index (χ3v) is 3.60. The van der Waals surface area contributed by atoms with Gasteiger partial charge in [0.15, 0.2) is 5.75 Å².